The standard InChI is InChI=1S/C20H21N3O2/c1-25-20-22-18(17-12-6-3-7-13-17)15-23(20)19(24)21-14-8-11-16-9-4-2-5-10-16/h2-7,9-10,12-13,15H,8,11,14H2,1H3,(H,21,24). The van der Waals surface area contributed by atoms with E-state index in [1.54, 1.807) is 6.20 Å². The van der Waals surface area contributed by atoms with Gasteiger partial charge in [-0.05, 0) is 18.4 Å². The van der Waals surface area contributed by atoms with Gasteiger partial charge in [-0.15, -0.1) is 0 Å². The van der Waals surface area contributed by atoms with Crippen LogP contribution < -0.4 is 10.1 Å². The number of amides is 1. The van der Waals surface area contributed by atoms with Crippen molar-refractivity contribution in [2.75, 3.05) is 13.7 Å². The first-order chi connectivity index (χ1) is 12.3. The SMILES string of the molecule is COc1nc(-c2ccccc2)cn1C(=O)NCCCc1ccccc1. The minimum absolute atomic E-state index is 0.236. The van der Waals surface area contributed by atoms with Crippen LogP contribution in [0.25, 0.3) is 11.3 Å². The van der Waals surface area contributed by atoms with Gasteiger partial charge in [-0.3, -0.25) is 0 Å². The summed E-state index contributed by atoms with van der Waals surface area (Å²) < 4.78 is 6.64. The number of aromatic nitrogens is 2. The van der Waals surface area contributed by atoms with E-state index in [0.717, 1.165) is 18.4 Å². The first-order valence-corrected chi connectivity index (χ1v) is 8.29. The van der Waals surface area contributed by atoms with Gasteiger partial charge in [-0.1, -0.05) is 60.7 Å². The quantitative estimate of drug-likeness (QED) is 0.698. The lowest BCUT2D eigenvalue weighted by Gasteiger charge is -2.07. The molecule has 0 aliphatic carbocycles. The molecule has 0 unspecified atom stereocenters. The normalized spacial score (nSPS) is 10.4. The van der Waals surface area contributed by atoms with Crippen LogP contribution in [0.4, 0.5) is 4.79 Å². The number of nitrogens with one attached hydrogen (secondary N) is 1. The highest BCUT2D eigenvalue weighted by Gasteiger charge is 2.15. The fourth-order valence-corrected chi connectivity index (χ4v) is 2.62. The topological polar surface area (TPSA) is 56.2 Å². The number of hydrogen-bond donors (Lipinski definition) is 1. The van der Waals surface area contributed by atoms with Crippen molar-refractivity contribution >= 4 is 6.03 Å². The molecule has 1 aromatic heterocycles. The van der Waals surface area contributed by atoms with Gasteiger partial charge in [-0.2, -0.15) is 4.98 Å². The molecule has 1 N–H and O–H groups in total. The zero-order valence-electron chi connectivity index (χ0n) is 14.2. The highest BCUT2D eigenvalue weighted by molar-refractivity contribution is 5.79. The van der Waals surface area contributed by atoms with E-state index >= 15 is 0 Å². The molecule has 0 atom stereocenters. The zero-order valence-corrected chi connectivity index (χ0v) is 14.2. The molecule has 5 heteroatoms. The van der Waals surface area contributed by atoms with Crippen molar-refractivity contribution < 1.29 is 9.53 Å². The predicted molar refractivity (Wildman–Crippen MR) is 97.8 cm³/mol. The maximum absolute atomic E-state index is 12.4. The van der Waals surface area contributed by atoms with E-state index in [2.05, 4.69) is 22.4 Å². The Morgan fingerprint density at radius 2 is 1.76 bits per heavy atom. The summed E-state index contributed by atoms with van der Waals surface area (Å²) >= 11 is 0. The Bertz CT molecular complexity index is 813. The van der Waals surface area contributed by atoms with Crippen LogP contribution in [0.3, 0.4) is 0 Å². The van der Waals surface area contributed by atoms with Gasteiger partial charge >= 0.3 is 12.0 Å². The van der Waals surface area contributed by atoms with E-state index in [0.29, 0.717) is 12.2 Å². The van der Waals surface area contributed by atoms with Gasteiger partial charge < -0.3 is 10.1 Å². The van der Waals surface area contributed by atoms with Gasteiger partial charge in [0.15, 0.2) is 0 Å². The molecule has 1 amide bonds. The van der Waals surface area contributed by atoms with Gasteiger partial charge in [0.25, 0.3) is 0 Å². The molecule has 0 fully saturated rings. The number of nitrogens with zero attached hydrogens (tertiary/aromatic N) is 2. The number of hydrogen-bond acceptors (Lipinski definition) is 3. The molecular weight excluding hydrogens is 314 g/mol. The van der Waals surface area contributed by atoms with Crippen molar-refractivity contribution in [2.24, 2.45) is 0 Å². The molecule has 0 saturated carbocycles. The van der Waals surface area contributed by atoms with E-state index < -0.39 is 0 Å². The predicted octanol–water partition coefficient (Wildman–Crippen LogP) is 3.75. The fraction of sp³-hybridized carbons (Fsp3) is 0.200. The summed E-state index contributed by atoms with van der Waals surface area (Å²) in [7, 11) is 1.51. The molecular formula is C20H21N3O2. The Kier molecular flexibility index (Phi) is 5.46. The van der Waals surface area contributed by atoms with Crippen LogP contribution in [-0.4, -0.2) is 29.2 Å². The maximum atomic E-state index is 12.4. The van der Waals surface area contributed by atoms with Crippen LogP contribution in [0.5, 0.6) is 6.01 Å². The molecule has 0 aliphatic heterocycles. The van der Waals surface area contributed by atoms with E-state index in [1.165, 1.54) is 17.2 Å². The van der Waals surface area contributed by atoms with Crippen molar-refractivity contribution in [1.29, 1.82) is 0 Å². The second-order valence-electron chi connectivity index (χ2n) is 5.67. The fourth-order valence-electron chi connectivity index (χ4n) is 2.62. The van der Waals surface area contributed by atoms with E-state index in [1.807, 2.05) is 48.5 Å². The minimum Gasteiger partial charge on any atom is -0.468 e. The number of carbonyl (C=O) groups is 1. The Hall–Kier alpha value is -3.08. The smallest absolute Gasteiger partial charge is 0.329 e. The summed E-state index contributed by atoms with van der Waals surface area (Å²) in [6, 6.07) is 20.0. The molecule has 5 nitrogen and oxygen atoms in total. The summed E-state index contributed by atoms with van der Waals surface area (Å²) in [5, 5.41) is 2.91. The molecule has 0 bridgehead atoms. The number of aryl methyl sites for hydroxylation is 1. The largest absolute Gasteiger partial charge is 0.468 e. The van der Waals surface area contributed by atoms with Crippen molar-refractivity contribution in [3.05, 3.63) is 72.4 Å². The minimum atomic E-state index is -0.236. The maximum Gasteiger partial charge on any atom is 0.329 e. The van der Waals surface area contributed by atoms with E-state index in [-0.39, 0.29) is 12.0 Å². The lowest BCUT2D eigenvalue weighted by atomic mass is 10.1. The monoisotopic (exact) mass is 335 g/mol. The lowest BCUT2D eigenvalue weighted by molar-refractivity contribution is 0.238. The average Bonchev–Trinajstić information content (AvgIpc) is 3.11. The second kappa shape index (κ2) is 8.15. The Morgan fingerprint density at radius 3 is 2.44 bits per heavy atom. The number of imidazole rings is 1. The van der Waals surface area contributed by atoms with Crippen LogP contribution in [0.15, 0.2) is 66.9 Å². The van der Waals surface area contributed by atoms with Crippen LogP contribution in [0, 0.1) is 0 Å². The molecule has 1 heterocycles. The summed E-state index contributed by atoms with van der Waals surface area (Å²) in [6.45, 7) is 0.593. The third-order valence-electron chi connectivity index (χ3n) is 3.91. The molecule has 3 aromatic rings. The Balaban J connectivity index is 1.60. The summed E-state index contributed by atoms with van der Waals surface area (Å²) in [5.41, 5.74) is 2.91. The number of rotatable bonds is 6. The lowest BCUT2D eigenvalue weighted by Crippen LogP contribution is -2.29. The first kappa shape index (κ1) is 16.8. The molecule has 128 valence electrons. The summed E-state index contributed by atoms with van der Waals surface area (Å²) in [4.78, 5) is 16.8. The highest BCUT2D eigenvalue weighted by Crippen LogP contribution is 2.21. The van der Waals surface area contributed by atoms with Crippen molar-refractivity contribution in [3.63, 3.8) is 0 Å². The zero-order chi connectivity index (χ0) is 17.5. The van der Waals surface area contributed by atoms with Crippen LogP contribution in [0.2, 0.25) is 0 Å². The molecule has 25 heavy (non-hydrogen) atoms. The number of ether oxygens (including phenoxy) is 1. The number of benzene rings is 2. The average molecular weight is 335 g/mol. The highest BCUT2D eigenvalue weighted by atomic mass is 16.5. The van der Waals surface area contributed by atoms with Gasteiger partial charge in [0, 0.05) is 18.3 Å². The molecule has 3 rings (SSSR count). The summed E-state index contributed by atoms with van der Waals surface area (Å²) in [5.74, 6) is 0. The molecule has 0 spiro atoms. The number of carbonyl (C=O) groups excluding carboxylic acids is 1. The van der Waals surface area contributed by atoms with Crippen LogP contribution >= 0.6 is 0 Å². The van der Waals surface area contributed by atoms with Crippen molar-refractivity contribution in [1.82, 2.24) is 14.9 Å². The summed E-state index contributed by atoms with van der Waals surface area (Å²) in [6.07, 6.45) is 3.50. The Morgan fingerprint density at radius 1 is 1.08 bits per heavy atom. The molecule has 0 saturated heterocycles. The molecule has 2 aromatic carbocycles. The van der Waals surface area contributed by atoms with Gasteiger partial charge in [-0.25, -0.2) is 9.36 Å². The van der Waals surface area contributed by atoms with Crippen LogP contribution in [-0.2, 0) is 6.42 Å². The third-order valence-corrected chi connectivity index (χ3v) is 3.91. The van der Waals surface area contributed by atoms with Crippen LogP contribution in [0.1, 0.15) is 12.0 Å². The van der Waals surface area contributed by atoms with Gasteiger partial charge in [0.05, 0.1) is 12.8 Å². The number of methoxy groups -OCH3 is 1. The molecule has 0 aliphatic rings. The van der Waals surface area contributed by atoms with Gasteiger partial charge in [0.2, 0.25) is 0 Å². The Labute approximate surface area is 147 Å². The second-order valence-corrected chi connectivity index (χ2v) is 5.67. The molecule has 0 radical (unpaired) electrons. The van der Waals surface area contributed by atoms with Crippen molar-refractivity contribution in [3.8, 4) is 17.3 Å². The first-order valence-electron chi connectivity index (χ1n) is 8.29. The van der Waals surface area contributed by atoms with E-state index in [4.69, 9.17) is 4.74 Å². The van der Waals surface area contributed by atoms with Crippen molar-refractivity contribution in [2.45, 2.75) is 12.8 Å². The third kappa shape index (κ3) is 4.26. The van der Waals surface area contributed by atoms with Gasteiger partial charge in [0.1, 0.15) is 0 Å². The van der Waals surface area contributed by atoms with E-state index in [9.17, 15) is 4.79 Å².